The van der Waals surface area contributed by atoms with Gasteiger partial charge >= 0.3 is 0 Å². The highest BCUT2D eigenvalue weighted by Gasteiger charge is 2.17. The second kappa shape index (κ2) is 14.1. The Bertz CT molecular complexity index is 1560. The maximum Gasteiger partial charge on any atom is 0.264 e. The normalized spacial score (nSPS) is 11.0. The zero-order chi connectivity index (χ0) is 29.4. The Balaban J connectivity index is 1.72. The highest BCUT2D eigenvalue weighted by Crippen LogP contribution is 2.35. The third-order valence-corrected chi connectivity index (χ3v) is 7.85. The molecule has 41 heavy (non-hydrogen) atoms. The fourth-order valence-electron chi connectivity index (χ4n) is 4.54. The van der Waals surface area contributed by atoms with Crippen molar-refractivity contribution in [2.24, 2.45) is 0 Å². The molecule has 0 aliphatic carbocycles. The third-order valence-electron chi connectivity index (χ3n) is 6.98. The van der Waals surface area contributed by atoms with Gasteiger partial charge in [-0.3, -0.25) is 9.36 Å². The maximum absolute atomic E-state index is 13.5. The van der Waals surface area contributed by atoms with E-state index in [0.717, 1.165) is 57.5 Å². The molecule has 0 saturated carbocycles. The van der Waals surface area contributed by atoms with Gasteiger partial charge < -0.3 is 24.7 Å². The van der Waals surface area contributed by atoms with E-state index in [1.807, 2.05) is 32.9 Å². The summed E-state index contributed by atoms with van der Waals surface area (Å²) in [6.07, 6.45) is 3.68. The number of unbranched alkanes of at least 4 members (excludes halogenated alkanes) is 1. The molecule has 0 amide bonds. The lowest BCUT2D eigenvalue weighted by Gasteiger charge is -2.18. The van der Waals surface area contributed by atoms with Crippen molar-refractivity contribution in [3.05, 3.63) is 86.7 Å². The largest absolute Gasteiger partial charge is 0.377 e. The summed E-state index contributed by atoms with van der Waals surface area (Å²) in [5.74, 6) is 2.65. The second-order valence-corrected chi connectivity index (χ2v) is 10.6. The number of anilines is 2. The molecule has 9 nitrogen and oxygen atoms in total. The number of benzene rings is 2. The zero-order valence-electron chi connectivity index (χ0n) is 24.3. The first-order valence-electron chi connectivity index (χ1n) is 13.9. The summed E-state index contributed by atoms with van der Waals surface area (Å²) in [4.78, 5) is 19.2. The Hall–Kier alpha value is -3.89. The monoisotopic (exact) mass is 574 g/mol. The van der Waals surface area contributed by atoms with E-state index in [2.05, 4.69) is 52.5 Å². The van der Waals surface area contributed by atoms with Gasteiger partial charge in [0.05, 0.1) is 18.7 Å². The highest BCUT2D eigenvalue weighted by molar-refractivity contribution is 8.00. The summed E-state index contributed by atoms with van der Waals surface area (Å²) in [6, 6.07) is 14.5. The molecule has 4 rings (SSSR count). The van der Waals surface area contributed by atoms with E-state index in [1.165, 1.54) is 11.9 Å². The number of rotatable bonds is 14. The van der Waals surface area contributed by atoms with Gasteiger partial charge in [-0.2, -0.15) is 0 Å². The van der Waals surface area contributed by atoms with E-state index in [-0.39, 0.29) is 11.1 Å². The summed E-state index contributed by atoms with van der Waals surface area (Å²) >= 11 is 1.49. The molecule has 3 N–H and O–H groups in total. The lowest BCUT2D eigenvalue weighted by Crippen LogP contribution is -2.30. The second-order valence-electron chi connectivity index (χ2n) is 9.72. The van der Waals surface area contributed by atoms with E-state index in [0.29, 0.717) is 43.6 Å². The fourth-order valence-corrected chi connectivity index (χ4v) is 5.37. The molecule has 2 heterocycles. The zero-order valence-corrected chi connectivity index (χ0v) is 25.2. The highest BCUT2D eigenvalue weighted by atomic mass is 32.2. The molecule has 0 atom stereocenters. The van der Waals surface area contributed by atoms with Crippen molar-refractivity contribution in [3.63, 3.8) is 0 Å². The quantitative estimate of drug-likeness (QED) is 0.114. The molecule has 0 aliphatic heterocycles. The van der Waals surface area contributed by atoms with Crippen LogP contribution in [-0.4, -0.2) is 34.6 Å². The minimum absolute atomic E-state index is 0.216. The summed E-state index contributed by atoms with van der Waals surface area (Å²) in [7, 11) is 1.72. The Kier molecular flexibility index (Phi) is 10.4. The smallest absolute Gasteiger partial charge is 0.264 e. The summed E-state index contributed by atoms with van der Waals surface area (Å²) < 4.78 is 16.2. The SMILES string of the molecule is CCCCc1nc(NC)c(C=N)c(=O)n1Cc1ccc(-c2ccccc2SNc2noc(C)c2C)c(COCC)c1. The first-order chi connectivity index (χ1) is 19.9. The van der Waals surface area contributed by atoms with Gasteiger partial charge in [-0.05, 0) is 67.5 Å². The fraction of sp³-hybridized carbons (Fsp3) is 0.355. The van der Waals surface area contributed by atoms with Crippen LogP contribution in [0.4, 0.5) is 11.6 Å². The van der Waals surface area contributed by atoms with Gasteiger partial charge in [-0.1, -0.05) is 54.9 Å². The predicted octanol–water partition coefficient (Wildman–Crippen LogP) is 6.60. The van der Waals surface area contributed by atoms with Gasteiger partial charge in [0.1, 0.15) is 17.4 Å². The lowest BCUT2D eigenvalue weighted by atomic mass is 9.97. The minimum Gasteiger partial charge on any atom is -0.377 e. The van der Waals surface area contributed by atoms with Crippen LogP contribution < -0.4 is 15.6 Å². The van der Waals surface area contributed by atoms with Crippen LogP contribution in [0.25, 0.3) is 11.1 Å². The van der Waals surface area contributed by atoms with Crippen LogP contribution in [0.3, 0.4) is 0 Å². The summed E-state index contributed by atoms with van der Waals surface area (Å²) in [5.41, 5.74) is 5.14. The topological polar surface area (TPSA) is 118 Å². The van der Waals surface area contributed by atoms with Gasteiger partial charge in [0, 0.05) is 36.7 Å². The third kappa shape index (κ3) is 6.89. The van der Waals surface area contributed by atoms with Gasteiger partial charge in [0.2, 0.25) is 0 Å². The molecular formula is C31H38N6O3S. The van der Waals surface area contributed by atoms with Crippen LogP contribution in [-0.2, 0) is 24.3 Å². The number of aryl methyl sites for hydroxylation is 2. The summed E-state index contributed by atoms with van der Waals surface area (Å²) in [5, 5.41) is 14.9. The van der Waals surface area contributed by atoms with E-state index < -0.39 is 0 Å². The van der Waals surface area contributed by atoms with Crippen molar-refractivity contribution < 1.29 is 9.26 Å². The van der Waals surface area contributed by atoms with E-state index >= 15 is 0 Å². The van der Waals surface area contributed by atoms with Crippen LogP contribution in [0, 0.1) is 19.3 Å². The van der Waals surface area contributed by atoms with Crippen molar-refractivity contribution in [2.75, 3.05) is 23.7 Å². The average Bonchev–Trinajstić information content (AvgIpc) is 3.31. The van der Waals surface area contributed by atoms with Crippen LogP contribution in [0.1, 0.15) is 60.5 Å². The van der Waals surface area contributed by atoms with E-state index in [9.17, 15) is 4.79 Å². The molecule has 2 aromatic carbocycles. The Labute approximate surface area is 245 Å². The Morgan fingerprint density at radius 1 is 1.12 bits per heavy atom. The van der Waals surface area contributed by atoms with Crippen LogP contribution in [0.5, 0.6) is 0 Å². The molecule has 0 bridgehead atoms. The first-order valence-corrected chi connectivity index (χ1v) is 14.7. The molecule has 4 aromatic rings. The Morgan fingerprint density at radius 3 is 2.61 bits per heavy atom. The van der Waals surface area contributed by atoms with Crippen molar-refractivity contribution in [3.8, 4) is 11.1 Å². The number of nitrogens with one attached hydrogen (secondary N) is 3. The molecular weight excluding hydrogens is 536 g/mol. The molecule has 2 aromatic heterocycles. The standard InChI is InChI=1S/C31H38N6O3S/c1-6-8-13-28-34-30(33-5)26(17-32)31(38)37(28)18-22-14-15-24(23(16-22)19-39-7-2)25-11-9-10-12-27(25)41-36-29-20(3)21(4)40-35-29/h9-12,14-17,32-33H,6-8,13,18-19H2,1-5H3,(H,35,36). The van der Waals surface area contributed by atoms with Crippen molar-refractivity contribution in [1.29, 1.82) is 5.41 Å². The maximum atomic E-state index is 13.5. The molecule has 0 radical (unpaired) electrons. The van der Waals surface area contributed by atoms with E-state index in [4.69, 9.17) is 19.7 Å². The molecule has 0 saturated heterocycles. The van der Waals surface area contributed by atoms with Crippen LogP contribution in [0.2, 0.25) is 0 Å². The predicted molar refractivity (Wildman–Crippen MR) is 166 cm³/mol. The Morgan fingerprint density at radius 2 is 1.93 bits per heavy atom. The van der Waals surface area contributed by atoms with Gasteiger partial charge in [-0.15, -0.1) is 0 Å². The molecule has 0 spiro atoms. The molecule has 216 valence electrons. The molecule has 0 fully saturated rings. The first kappa shape index (κ1) is 30.1. The molecule has 0 aliphatic rings. The number of ether oxygens (including phenoxy) is 1. The van der Waals surface area contributed by atoms with Gasteiger partial charge in [0.15, 0.2) is 5.82 Å². The number of nitrogens with zero attached hydrogens (tertiary/aromatic N) is 3. The number of hydrogen-bond acceptors (Lipinski definition) is 9. The summed E-state index contributed by atoms with van der Waals surface area (Å²) in [6.45, 7) is 9.35. The lowest BCUT2D eigenvalue weighted by molar-refractivity contribution is 0.134. The van der Waals surface area contributed by atoms with Crippen molar-refractivity contribution in [2.45, 2.75) is 65.0 Å². The van der Waals surface area contributed by atoms with Gasteiger partial charge in [0.25, 0.3) is 5.56 Å². The molecule has 10 heteroatoms. The minimum atomic E-state index is -0.216. The average molecular weight is 575 g/mol. The van der Waals surface area contributed by atoms with Crippen molar-refractivity contribution >= 4 is 29.8 Å². The van der Waals surface area contributed by atoms with Gasteiger partial charge in [-0.25, -0.2) is 4.98 Å². The van der Waals surface area contributed by atoms with E-state index in [1.54, 1.807) is 11.6 Å². The number of aromatic nitrogens is 3. The number of hydrogen-bond donors (Lipinski definition) is 3. The van der Waals surface area contributed by atoms with Crippen LogP contribution in [0.15, 0.2) is 56.7 Å². The van der Waals surface area contributed by atoms with Crippen LogP contribution >= 0.6 is 11.9 Å². The molecule has 0 unspecified atom stereocenters. The van der Waals surface area contributed by atoms with Crippen molar-refractivity contribution in [1.82, 2.24) is 14.7 Å².